The number of carbonyl (C=O) groups is 1. The average molecular weight is 389 g/mol. The minimum absolute atomic E-state index is 0.110. The summed E-state index contributed by atoms with van der Waals surface area (Å²) < 4.78 is 2.09. The third-order valence-corrected chi connectivity index (χ3v) is 13.3. The Morgan fingerprint density at radius 1 is 1.40 bits per heavy atom. The standard InChI is InChI=1S/C16H24INO2/c1-16-8-7-13-11(12(16)4-5-14(16)19)3-6-15(20)17(13)9-2-10-18/h11-14,19H,2-9H2,1H3/t11?,12-,13?,14?,16?/m0/s1. The molecule has 0 aromatic heterocycles. The number of halogens is 1. The quantitative estimate of drug-likeness (QED) is 0.448. The summed E-state index contributed by atoms with van der Waals surface area (Å²) in [5.41, 5.74) is 0.110. The molecule has 112 valence electrons. The second-order valence-corrected chi connectivity index (χ2v) is 13.0. The second-order valence-electron chi connectivity index (χ2n) is 6.81. The fourth-order valence-electron chi connectivity index (χ4n) is 4.87. The Labute approximate surface area is 128 Å². The van der Waals surface area contributed by atoms with Crippen molar-refractivity contribution in [3.05, 3.63) is 0 Å². The molecule has 2 saturated carbocycles. The van der Waals surface area contributed by atoms with Crippen molar-refractivity contribution in [1.82, 2.24) is 0 Å². The predicted molar refractivity (Wildman–Crippen MR) is 86.7 cm³/mol. The van der Waals surface area contributed by atoms with Crippen molar-refractivity contribution in [1.29, 1.82) is 5.26 Å². The van der Waals surface area contributed by atoms with Crippen LogP contribution in [0.25, 0.3) is 0 Å². The number of hydrogen-bond acceptors (Lipinski definition) is 3. The molecule has 3 fully saturated rings. The van der Waals surface area contributed by atoms with Gasteiger partial charge in [-0.3, -0.25) is 0 Å². The zero-order chi connectivity index (χ0) is 14.3. The average Bonchev–Trinajstić information content (AvgIpc) is 2.74. The first-order valence-corrected chi connectivity index (χ1v) is 11.6. The van der Waals surface area contributed by atoms with Gasteiger partial charge in [-0.05, 0) is 0 Å². The van der Waals surface area contributed by atoms with E-state index >= 15 is 0 Å². The topological polar surface area (TPSA) is 61.1 Å². The van der Waals surface area contributed by atoms with Gasteiger partial charge in [0.05, 0.1) is 0 Å². The van der Waals surface area contributed by atoms with Crippen LogP contribution in [0.1, 0.15) is 51.9 Å². The van der Waals surface area contributed by atoms with E-state index in [0.717, 1.165) is 43.0 Å². The van der Waals surface area contributed by atoms with Crippen LogP contribution in [0.15, 0.2) is 0 Å². The van der Waals surface area contributed by atoms with Gasteiger partial charge in [-0.15, -0.1) is 0 Å². The van der Waals surface area contributed by atoms with Crippen LogP contribution in [0.4, 0.5) is 0 Å². The minimum atomic E-state index is -1.62. The van der Waals surface area contributed by atoms with Crippen LogP contribution in [0, 0.1) is 28.6 Å². The normalized spacial score (nSPS) is 45.6. The number of alkyl halides is 2. The van der Waals surface area contributed by atoms with E-state index in [2.05, 4.69) is 13.0 Å². The van der Waals surface area contributed by atoms with Gasteiger partial charge >= 0.3 is 128 Å². The number of aliphatic hydroxyl groups is 1. The van der Waals surface area contributed by atoms with Crippen LogP contribution in [0.2, 0.25) is 0 Å². The summed E-state index contributed by atoms with van der Waals surface area (Å²) in [4.78, 5) is 12.3. The van der Waals surface area contributed by atoms with Crippen LogP contribution < -0.4 is 0 Å². The van der Waals surface area contributed by atoms with E-state index in [9.17, 15) is 9.90 Å². The molecule has 0 bridgehead atoms. The Bertz CT molecular complexity index is 446. The van der Waals surface area contributed by atoms with Gasteiger partial charge in [-0.2, -0.15) is 0 Å². The van der Waals surface area contributed by atoms with E-state index in [4.69, 9.17) is 5.26 Å². The van der Waals surface area contributed by atoms with E-state index in [1.54, 1.807) is 0 Å². The van der Waals surface area contributed by atoms with Crippen LogP contribution in [-0.4, -0.2) is 23.4 Å². The number of hydrogen-bond donors (Lipinski definition) is 1. The van der Waals surface area contributed by atoms with E-state index in [1.165, 1.54) is 0 Å². The first-order valence-electron chi connectivity index (χ1n) is 7.80. The fraction of sp³-hybridized carbons (Fsp3) is 0.875. The summed E-state index contributed by atoms with van der Waals surface area (Å²) in [7, 11) is 0. The Balaban J connectivity index is 1.81. The molecule has 3 aliphatic rings. The van der Waals surface area contributed by atoms with Crippen LogP contribution in [-0.2, 0) is 4.79 Å². The molecule has 1 heterocycles. The molecule has 1 saturated heterocycles. The Morgan fingerprint density at radius 3 is 2.95 bits per heavy atom. The molecule has 3 nitrogen and oxygen atoms in total. The zero-order valence-corrected chi connectivity index (χ0v) is 14.3. The molecule has 0 aromatic rings. The molecule has 0 amide bonds. The van der Waals surface area contributed by atoms with Gasteiger partial charge in [0.1, 0.15) is 0 Å². The molecule has 3 rings (SSSR count). The van der Waals surface area contributed by atoms with Gasteiger partial charge < -0.3 is 0 Å². The maximum absolute atomic E-state index is 12.3. The van der Waals surface area contributed by atoms with Crippen molar-refractivity contribution >= 4 is 23.6 Å². The fourth-order valence-corrected chi connectivity index (χ4v) is 12.0. The van der Waals surface area contributed by atoms with Gasteiger partial charge in [0.15, 0.2) is 0 Å². The molecular formula is C16H24INO2. The van der Waals surface area contributed by atoms with Crippen molar-refractivity contribution in [2.24, 2.45) is 17.3 Å². The maximum atomic E-state index is 12.3. The molecule has 5 atom stereocenters. The predicted octanol–water partition coefficient (Wildman–Crippen LogP) is 3.28. The van der Waals surface area contributed by atoms with Crippen LogP contribution >= 0.6 is 19.8 Å². The van der Waals surface area contributed by atoms with Crippen molar-refractivity contribution < 1.29 is 9.90 Å². The summed E-state index contributed by atoms with van der Waals surface area (Å²) in [6.07, 6.45) is 6.58. The zero-order valence-electron chi connectivity index (χ0n) is 12.1. The van der Waals surface area contributed by atoms with Gasteiger partial charge in [-0.25, -0.2) is 0 Å². The van der Waals surface area contributed by atoms with E-state index in [-0.39, 0.29) is 11.5 Å². The molecule has 20 heavy (non-hydrogen) atoms. The Kier molecular flexibility index (Phi) is 4.11. The van der Waals surface area contributed by atoms with Crippen molar-refractivity contribution in [3.8, 4) is 6.07 Å². The van der Waals surface area contributed by atoms with Crippen LogP contribution in [0.5, 0.6) is 0 Å². The molecule has 1 aliphatic heterocycles. The molecule has 0 aromatic carbocycles. The molecule has 2 aliphatic carbocycles. The SMILES string of the molecule is CC12CCC3C(CCC(=O)I3CCC#N)[C@@H]1CCC2O. The summed E-state index contributed by atoms with van der Waals surface area (Å²) in [5, 5.41) is 19.2. The third kappa shape index (κ3) is 2.21. The number of rotatable bonds is 2. The molecule has 0 spiro atoms. The van der Waals surface area contributed by atoms with Gasteiger partial charge in [-0.1, -0.05) is 0 Å². The number of carbonyl (C=O) groups excluding carboxylic acids is 1. The molecular weight excluding hydrogens is 365 g/mol. The van der Waals surface area contributed by atoms with Crippen molar-refractivity contribution in [2.45, 2.75) is 61.9 Å². The van der Waals surface area contributed by atoms with E-state index in [1.807, 2.05) is 0 Å². The van der Waals surface area contributed by atoms with Crippen molar-refractivity contribution in [3.63, 3.8) is 0 Å². The van der Waals surface area contributed by atoms with E-state index in [0.29, 0.717) is 26.0 Å². The number of fused-ring (bicyclic) bond motifs is 3. The molecule has 1 N–H and O–H groups in total. The first-order chi connectivity index (χ1) is 9.58. The first kappa shape index (κ1) is 14.8. The third-order valence-electron chi connectivity index (χ3n) is 5.99. The number of nitrogens with zero attached hydrogens (tertiary/aromatic N) is 1. The summed E-state index contributed by atoms with van der Waals surface area (Å²) in [5.74, 6) is 1.30. The Hall–Kier alpha value is -0.150. The van der Waals surface area contributed by atoms with Gasteiger partial charge in [0, 0.05) is 0 Å². The van der Waals surface area contributed by atoms with Gasteiger partial charge in [0.25, 0.3) is 0 Å². The summed E-state index contributed by atoms with van der Waals surface area (Å²) in [6.45, 7) is 2.27. The van der Waals surface area contributed by atoms with Crippen LogP contribution in [0.3, 0.4) is 0 Å². The molecule has 4 heteroatoms. The molecule has 0 radical (unpaired) electrons. The monoisotopic (exact) mass is 389 g/mol. The van der Waals surface area contributed by atoms with Crippen molar-refractivity contribution in [2.75, 3.05) is 4.43 Å². The number of aliphatic hydroxyl groups excluding tert-OH is 1. The van der Waals surface area contributed by atoms with E-state index < -0.39 is 19.8 Å². The second kappa shape index (κ2) is 5.57. The Morgan fingerprint density at radius 2 is 2.20 bits per heavy atom. The summed E-state index contributed by atoms with van der Waals surface area (Å²) in [6, 6.07) is 2.24. The number of nitriles is 1. The molecule has 4 unspecified atom stereocenters. The summed E-state index contributed by atoms with van der Waals surface area (Å²) >= 11 is -1.62. The van der Waals surface area contributed by atoms with Gasteiger partial charge in [0.2, 0.25) is 0 Å².